The van der Waals surface area contributed by atoms with Crippen LogP contribution in [0.15, 0.2) is 53.3 Å². The van der Waals surface area contributed by atoms with Crippen molar-refractivity contribution in [2.75, 3.05) is 12.4 Å². The fraction of sp³-hybridized carbons (Fsp3) is 0.150. The number of para-hydroxylation sites is 1. The van der Waals surface area contributed by atoms with Crippen LogP contribution < -0.4 is 15.6 Å². The molecule has 0 bridgehead atoms. The van der Waals surface area contributed by atoms with E-state index in [1.54, 1.807) is 36.4 Å². The van der Waals surface area contributed by atoms with Gasteiger partial charge in [-0.3, -0.25) is 9.59 Å². The van der Waals surface area contributed by atoms with Crippen LogP contribution in [0.2, 0.25) is 5.02 Å². The zero-order chi connectivity index (χ0) is 20.3. The molecule has 2 aromatic carbocycles. The van der Waals surface area contributed by atoms with Gasteiger partial charge in [0, 0.05) is 22.0 Å². The minimum Gasteiger partial charge on any atom is -0.495 e. The van der Waals surface area contributed by atoms with Gasteiger partial charge in [-0.1, -0.05) is 29.8 Å². The van der Waals surface area contributed by atoms with Crippen molar-refractivity contribution in [1.82, 2.24) is 4.98 Å². The van der Waals surface area contributed by atoms with Gasteiger partial charge >= 0.3 is 5.97 Å². The Bertz CT molecular complexity index is 1110. The number of anilines is 1. The van der Waals surface area contributed by atoms with Crippen molar-refractivity contribution in [3.8, 4) is 5.75 Å². The number of halogens is 1. The second-order valence-electron chi connectivity index (χ2n) is 5.97. The second kappa shape index (κ2) is 8.14. The quantitative estimate of drug-likeness (QED) is 0.640. The molecule has 28 heavy (non-hydrogen) atoms. The molecule has 0 saturated carbocycles. The molecule has 0 spiro atoms. The molecule has 0 aliphatic heterocycles. The Morgan fingerprint density at radius 3 is 2.64 bits per heavy atom. The molecule has 8 heteroatoms. The third-order valence-electron chi connectivity index (χ3n) is 4.04. The molecule has 0 aliphatic rings. The number of amides is 1. The first-order valence-corrected chi connectivity index (χ1v) is 8.74. The van der Waals surface area contributed by atoms with Crippen LogP contribution in [0.3, 0.4) is 0 Å². The van der Waals surface area contributed by atoms with Crippen molar-refractivity contribution in [3.05, 3.63) is 69.5 Å². The molecule has 0 radical (unpaired) electrons. The number of carbonyl (C=O) groups excluding carboxylic acids is 2. The molecule has 1 aromatic heterocycles. The van der Waals surface area contributed by atoms with Gasteiger partial charge in [0.1, 0.15) is 5.75 Å². The van der Waals surface area contributed by atoms with Gasteiger partial charge in [-0.25, -0.2) is 4.79 Å². The Kier molecular flexibility index (Phi) is 5.65. The van der Waals surface area contributed by atoms with E-state index in [1.165, 1.54) is 20.1 Å². The number of H-pyrrole nitrogens is 1. The lowest BCUT2D eigenvalue weighted by atomic mass is 10.1. The highest BCUT2D eigenvalue weighted by atomic mass is 35.5. The Hall–Kier alpha value is -3.32. The number of esters is 1. The number of nitrogens with one attached hydrogen (secondary N) is 2. The minimum absolute atomic E-state index is 0.0827. The van der Waals surface area contributed by atoms with Gasteiger partial charge in [-0.05, 0) is 31.2 Å². The topological polar surface area (TPSA) is 97.5 Å². The maximum Gasteiger partial charge on any atom is 0.339 e. The number of fused-ring (bicyclic) bond motifs is 1. The summed E-state index contributed by atoms with van der Waals surface area (Å²) >= 11 is 5.95. The fourth-order valence-electron chi connectivity index (χ4n) is 2.66. The molecule has 1 amide bonds. The van der Waals surface area contributed by atoms with Crippen molar-refractivity contribution >= 4 is 40.1 Å². The number of aromatic amines is 1. The fourth-order valence-corrected chi connectivity index (χ4v) is 2.84. The molecule has 1 atom stereocenters. The zero-order valence-corrected chi connectivity index (χ0v) is 15.9. The van der Waals surface area contributed by atoms with Crippen LogP contribution in [-0.4, -0.2) is 30.1 Å². The van der Waals surface area contributed by atoms with Crippen LogP contribution >= 0.6 is 11.6 Å². The summed E-state index contributed by atoms with van der Waals surface area (Å²) in [4.78, 5) is 39.4. The van der Waals surface area contributed by atoms with E-state index in [0.29, 0.717) is 27.4 Å². The number of ether oxygens (including phenoxy) is 2. The van der Waals surface area contributed by atoms with Gasteiger partial charge < -0.3 is 19.8 Å². The minimum atomic E-state index is -1.12. The van der Waals surface area contributed by atoms with Crippen molar-refractivity contribution in [2.45, 2.75) is 13.0 Å². The van der Waals surface area contributed by atoms with E-state index < -0.39 is 23.5 Å². The summed E-state index contributed by atoms with van der Waals surface area (Å²) < 4.78 is 10.4. The van der Waals surface area contributed by atoms with Crippen molar-refractivity contribution in [3.63, 3.8) is 0 Å². The normalized spacial score (nSPS) is 11.7. The van der Waals surface area contributed by atoms with Crippen LogP contribution in [0.4, 0.5) is 5.69 Å². The molecule has 0 fully saturated rings. The lowest BCUT2D eigenvalue weighted by molar-refractivity contribution is -0.123. The van der Waals surface area contributed by atoms with Gasteiger partial charge in [0.05, 0.1) is 18.4 Å². The van der Waals surface area contributed by atoms with Crippen LogP contribution in [0.1, 0.15) is 17.3 Å². The SMILES string of the molecule is COc1ccc(Cl)cc1NC(=O)[C@@H](C)OC(=O)c1cc(=O)[nH]c2ccccc12. The van der Waals surface area contributed by atoms with Crippen LogP contribution in [0.25, 0.3) is 10.9 Å². The maximum atomic E-state index is 12.6. The predicted octanol–water partition coefficient (Wildman–Crippen LogP) is 3.37. The van der Waals surface area contributed by atoms with Gasteiger partial charge in [-0.15, -0.1) is 0 Å². The Morgan fingerprint density at radius 2 is 1.89 bits per heavy atom. The molecule has 3 rings (SSSR count). The zero-order valence-electron chi connectivity index (χ0n) is 15.1. The van der Waals surface area contributed by atoms with Crippen LogP contribution in [0, 0.1) is 0 Å². The van der Waals surface area contributed by atoms with Crippen LogP contribution in [-0.2, 0) is 9.53 Å². The van der Waals surface area contributed by atoms with Gasteiger partial charge in [0.15, 0.2) is 6.10 Å². The molecule has 0 aliphatic carbocycles. The lowest BCUT2D eigenvalue weighted by Gasteiger charge is -2.16. The lowest BCUT2D eigenvalue weighted by Crippen LogP contribution is -2.30. The van der Waals surface area contributed by atoms with E-state index in [1.807, 2.05) is 0 Å². The number of pyridine rings is 1. The average Bonchev–Trinajstić information content (AvgIpc) is 2.67. The van der Waals surface area contributed by atoms with Gasteiger partial charge in [-0.2, -0.15) is 0 Å². The molecule has 0 saturated heterocycles. The molecule has 3 aromatic rings. The highest BCUT2D eigenvalue weighted by Crippen LogP contribution is 2.28. The smallest absolute Gasteiger partial charge is 0.339 e. The standard InChI is InChI=1S/C20H17ClN2O5/c1-11(19(25)23-16-9-12(21)7-8-17(16)27-2)28-20(26)14-10-18(24)22-15-6-4-3-5-13(14)15/h3-11H,1-2H3,(H,22,24)(H,23,25)/t11-/m1/s1. The first-order chi connectivity index (χ1) is 13.4. The molecule has 2 N–H and O–H groups in total. The van der Waals surface area contributed by atoms with Gasteiger partial charge in [0.25, 0.3) is 5.91 Å². The number of benzene rings is 2. The Balaban J connectivity index is 1.79. The number of carbonyl (C=O) groups is 2. The summed E-state index contributed by atoms with van der Waals surface area (Å²) in [5.41, 5.74) is 0.498. The van der Waals surface area contributed by atoms with E-state index in [0.717, 1.165) is 6.07 Å². The summed E-state index contributed by atoms with van der Waals surface area (Å²) in [6.45, 7) is 1.43. The number of methoxy groups -OCH3 is 1. The van der Waals surface area contributed by atoms with Gasteiger partial charge in [0.2, 0.25) is 5.56 Å². The second-order valence-corrected chi connectivity index (χ2v) is 6.41. The van der Waals surface area contributed by atoms with E-state index in [4.69, 9.17) is 21.1 Å². The third-order valence-corrected chi connectivity index (χ3v) is 4.28. The highest BCUT2D eigenvalue weighted by molar-refractivity contribution is 6.31. The molecular formula is C20H17ClN2O5. The van der Waals surface area contributed by atoms with Crippen molar-refractivity contribution in [1.29, 1.82) is 0 Å². The average molecular weight is 401 g/mol. The molecular weight excluding hydrogens is 384 g/mol. The third kappa shape index (κ3) is 4.15. The predicted molar refractivity (Wildman–Crippen MR) is 106 cm³/mol. The van der Waals surface area contributed by atoms with Crippen molar-refractivity contribution in [2.24, 2.45) is 0 Å². The molecule has 7 nitrogen and oxygen atoms in total. The number of aromatic nitrogens is 1. The van der Waals surface area contributed by atoms with Crippen LogP contribution in [0.5, 0.6) is 5.75 Å². The number of hydrogen-bond acceptors (Lipinski definition) is 5. The van der Waals surface area contributed by atoms with E-state index >= 15 is 0 Å². The van der Waals surface area contributed by atoms with E-state index in [2.05, 4.69) is 10.3 Å². The highest BCUT2D eigenvalue weighted by Gasteiger charge is 2.22. The molecule has 144 valence electrons. The Labute approximate surface area is 165 Å². The summed E-state index contributed by atoms with van der Waals surface area (Å²) in [5.74, 6) is -0.928. The van der Waals surface area contributed by atoms with E-state index in [9.17, 15) is 14.4 Å². The number of hydrogen-bond donors (Lipinski definition) is 2. The van der Waals surface area contributed by atoms with Crippen molar-refractivity contribution < 1.29 is 19.1 Å². The molecule has 1 heterocycles. The summed E-state index contributed by atoms with van der Waals surface area (Å²) in [7, 11) is 1.46. The monoisotopic (exact) mass is 400 g/mol. The first-order valence-electron chi connectivity index (χ1n) is 8.36. The Morgan fingerprint density at radius 1 is 1.14 bits per heavy atom. The summed E-state index contributed by atoms with van der Waals surface area (Å²) in [6, 6.07) is 12.7. The van der Waals surface area contributed by atoms with E-state index in [-0.39, 0.29) is 5.56 Å². The summed E-state index contributed by atoms with van der Waals surface area (Å²) in [6.07, 6.45) is -1.12. The number of rotatable bonds is 5. The largest absolute Gasteiger partial charge is 0.495 e. The first kappa shape index (κ1) is 19.4. The maximum absolute atomic E-state index is 12.6. The molecule has 0 unspecified atom stereocenters. The summed E-state index contributed by atoms with van der Waals surface area (Å²) in [5, 5.41) is 3.55.